The van der Waals surface area contributed by atoms with Gasteiger partial charge in [0.2, 0.25) is 0 Å². The third kappa shape index (κ3) is 4.70. The Morgan fingerprint density at radius 3 is 1.74 bits per heavy atom. The van der Waals surface area contributed by atoms with Gasteiger partial charge in [0.15, 0.2) is 5.78 Å². The van der Waals surface area contributed by atoms with Crippen molar-refractivity contribution in [3.05, 3.63) is 60.2 Å². The SMILES string of the molecule is CCC.CCC(=O)c1ccc(-c2ccccc2)cc1. The van der Waals surface area contributed by atoms with Crippen molar-refractivity contribution in [1.82, 2.24) is 0 Å². The number of carbonyl (C=O) groups excluding carboxylic acids is 1. The Balaban J connectivity index is 0.000000550. The van der Waals surface area contributed by atoms with E-state index < -0.39 is 0 Å². The molecule has 0 heterocycles. The Labute approximate surface area is 116 Å². The third-order valence-electron chi connectivity index (χ3n) is 2.64. The molecule has 1 nitrogen and oxygen atoms in total. The quantitative estimate of drug-likeness (QED) is 0.674. The van der Waals surface area contributed by atoms with Crippen molar-refractivity contribution in [3.63, 3.8) is 0 Å². The highest BCUT2D eigenvalue weighted by atomic mass is 16.1. The highest BCUT2D eigenvalue weighted by Gasteiger charge is 2.02. The van der Waals surface area contributed by atoms with E-state index in [4.69, 9.17) is 0 Å². The van der Waals surface area contributed by atoms with E-state index in [1.807, 2.05) is 49.4 Å². The van der Waals surface area contributed by atoms with E-state index in [2.05, 4.69) is 26.0 Å². The number of carbonyl (C=O) groups is 1. The maximum absolute atomic E-state index is 11.5. The van der Waals surface area contributed by atoms with Crippen LogP contribution in [0.4, 0.5) is 0 Å². The number of hydrogen-bond donors (Lipinski definition) is 0. The molecule has 2 aromatic carbocycles. The Kier molecular flexibility index (Phi) is 6.59. The van der Waals surface area contributed by atoms with E-state index in [0.29, 0.717) is 6.42 Å². The Morgan fingerprint density at radius 1 is 0.789 bits per heavy atom. The van der Waals surface area contributed by atoms with Crippen LogP contribution in [0.25, 0.3) is 11.1 Å². The second-order valence-electron chi connectivity index (χ2n) is 4.43. The fourth-order valence-electron chi connectivity index (χ4n) is 1.68. The van der Waals surface area contributed by atoms with Crippen LogP contribution in [-0.4, -0.2) is 5.78 Å². The summed E-state index contributed by atoms with van der Waals surface area (Å²) < 4.78 is 0. The van der Waals surface area contributed by atoms with Gasteiger partial charge in [-0.1, -0.05) is 81.8 Å². The predicted molar refractivity (Wildman–Crippen MR) is 82.5 cm³/mol. The van der Waals surface area contributed by atoms with Gasteiger partial charge in [-0.05, 0) is 11.1 Å². The molecular formula is C18H22O. The summed E-state index contributed by atoms with van der Waals surface area (Å²) in [7, 11) is 0. The van der Waals surface area contributed by atoms with Crippen LogP contribution in [0.5, 0.6) is 0 Å². The van der Waals surface area contributed by atoms with Crippen LogP contribution in [0.3, 0.4) is 0 Å². The van der Waals surface area contributed by atoms with Crippen LogP contribution in [0.15, 0.2) is 54.6 Å². The lowest BCUT2D eigenvalue weighted by Crippen LogP contribution is -1.95. The van der Waals surface area contributed by atoms with E-state index in [1.165, 1.54) is 12.0 Å². The summed E-state index contributed by atoms with van der Waals surface area (Å²) in [5.41, 5.74) is 3.12. The van der Waals surface area contributed by atoms with Crippen molar-refractivity contribution >= 4 is 5.78 Å². The molecule has 0 radical (unpaired) electrons. The Bertz CT molecular complexity index is 483. The normalized spacial score (nSPS) is 9.42. The first kappa shape index (κ1) is 15.2. The fraction of sp³-hybridized carbons (Fsp3) is 0.278. The van der Waals surface area contributed by atoms with Crippen LogP contribution >= 0.6 is 0 Å². The Morgan fingerprint density at radius 2 is 1.26 bits per heavy atom. The van der Waals surface area contributed by atoms with Crippen LogP contribution < -0.4 is 0 Å². The molecular weight excluding hydrogens is 232 g/mol. The molecule has 1 heteroatoms. The summed E-state index contributed by atoms with van der Waals surface area (Å²) >= 11 is 0. The molecule has 0 aliphatic carbocycles. The molecule has 0 bridgehead atoms. The number of rotatable bonds is 3. The highest BCUT2D eigenvalue weighted by Crippen LogP contribution is 2.19. The van der Waals surface area contributed by atoms with Gasteiger partial charge in [0, 0.05) is 12.0 Å². The van der Waals surface area contributed by atoms with E-state index in [9.17, 15) is 4.79 Å². The van der Waals surface area contributed by atoms with Crippen LogP contribution in [0, 0.1) is 0 Å². The minimum atomic E-state index is 0.194. The molecule has 0 saturated carbocycles. The van der Waals surface area contributed by atoms with Gasteiger partial charge in [-0.3, -0.25) is 4.79 Å². The van der Waals surface area contributed by atoms with Gasteiger partial charge in [0.05, 0.1) is 0 Å². The standard InChI is InChI=1S/C15H14O.C3H8/c1-2-15(16)14-10-8-13(9-11-14)12-6-4-3-5-7-12;1-3-2/h3-11H,2H2,1H3;3H2,1-2H3. The summed E-state index contributed by atoms with van der Waals surface area (Å²) in [6.45, 7) is 6.13. The van der Waals surface area contributed by atoms with Gasteiger partial charge in [0.1, 0.15) is 0 Å². The maximum atomic E-state index is 11.5. The first-order chi connectivity index (χ1) is 9.22. The van der Waals surface area contributed by atoms with Gasteiger partial charge in [-0.25, -0.2) is 0 Å². The van der Waals surface area contributed by atoms with E-state index in [0.717, 1.165) is 11.1 Å². The summed E-state index contributed by atoms with van der Waals surface area (Å²) in [5.74, 6) is 0.194. The van der Waals surface area contributed by atoms with Crippen molar-refractivity contribution < 1.29 is 4.79 Å². The lowest BCUT2D eigenvalue weighted by Gasteiger charge is -2.02. The molecule has 0 N–H and O–H groups in total. The molecule has 2 rings (SSSR count). The number of Topliss-reactive ketones (excluding diaryl/α,β-unsaturated/α-hetero) is 1. The summed E-state index contributed by atoms with van der Waals surface area (Å²) in [5, 5.41) is 0. The van der Waals surface area contributed by atoms with Gasteiger partial charge in [-0.15, -0.1) is 0 Å². The summed E-state index contributed by atoms with van der Waals surface area (Å²) in [6.07, 6.45) is 1.81. The van der Waals surface area contributed by atoms with Crippen molar-refractivity contribution in [3.8, 4) is 11.1 Å². The minimum absolute atomic E-state index is 0.194. The van der Waals surface area contributed by atoms with Gasteiger partial charge < -0.3 is 0 Å². The largest absolute Gasteiger partial charge is 0.294 e. The summed E-state index contributed by atoms with van der Waals surface area (Å²) in [6, 6.07) is 17.9. The monoisotopic (exact) mass is 254 g/mol. The molecule has 0 unspecified atom stereocenters. The molecule has 2 aromatic rings. The van der Waals surface area contributed by atoms with Gasteiger partial charge >= 0.3 is 0 Å². The predicted octanol–water partition coefficient (Wildman–Crippen LogP) is 5.36. The van der Waals surface area contributed by atoms with Gasteiger partial charge in [-0.2, -0.15) is 0 Å². The highest BCUT2D eigenvalue weighted by molar-refractivity contribution is 5.96. The zero-order chi connectivity index (χ0) is 14.1. The second kappa shape index (κ2) is 8.25. The topological polar surface area (TPSA) is 17.1 Å². The average Bonchev–Trinajstić information content (AvgIpc) is 2.48. The van der Waals surface area contributed by atoms with E-state index in [-0.39, 0.29) is 5.78 Å². The van der Waals surface area contributed by atoms with Crippen LogP contribution in [0.1, 0.15) is 44.0 Å². The summed E-state index contributed by atoms with van der Waals surface area (Å²) in [4.78, 5) is 11.5. The maximum Gasteiger partial charge on any atom is 0.162 e. The lowest BCUT2D eigenvalue weighted by atomic mass is 10.0. The van der Waals surface area contributed by atoms with E-state index >= 15 is 0 Å². The second-order valence-corrected chi connectivity index (χ2v) is 4.43. The molecule has 100 valence electrons. The molecule has 0 spiro atoms. The molecule has 0 aliphatic rings. The molecule has 0 saturated heterocycles. The lowest BCUT2D eigenvalue weighted by molar-refractivity contribution is 0.0988. The first-order valence-corrected chi connectivity index (χ1v) is 6.91. The Hall–Kier alpha value is -1.89. The smallest absolute Gasteiger partial charge is 0.162 e. The third-order valence-corrected chi connectivity index (χ3v) is 2.64. The van der Waals surface area contributed by atoms with Gasteiger partial charge in [0.25, 0.3) is 0 Å². The van der Waals surface area contributed by atoms with E-state index in [1.54, 1.807) is 0 Å². The molecule has 0 atom stereocenters. The molecule has 0 aromatic heterocycles. The van der Waals surface area contributed by atoms with Crippen LogP contribution in [0.2, 0.25) is 0 Å². The minimum Gasteiger partial charge on any atom is -0.294 e. The molecule has 19 heavy (non-hydrogen) atoms. The first-order valence-electron chi connectivity index (χ1n) is 6.91. The number of ketones is 1. The average molecular weight is 254 g/mol. The zero-order valence-electron chi connectivity index (χ0n) is 12.0. The van der Waals surface area contributed by atoms with Crippen molar-refractivity contribution in [1.29, 1.82) is 0 Å². The fourth-order valence-corrected chi connectivity index (χ4v) is 1.68. The van der Waals surface area contributed by atoms with Crippen molar-refractivity contribution in [2.24, 2.45) is 0 Å². The zero-order valence-corrected chi connectivity index (χ0v) is 12.0. The van der Waals surface area contributed by atoms with Crippen LogP contribution in [-0.2, 0) is 0 Å². The number of hydrogen-bond acceptors (Lipinski definition) is 1. The van der Waals surface area contributed by atoms with Crippen molar-refractivity contribution in [2.45, 2.75) is 33.6 Å². The molecule has 0 amide bonds. The molecule has 0 aliphatic heterocycles. The van der Waals surface area contributed by atoms with Crippen molar-refractivity contribution in [2.75, 3.05) is 0 Å². The number of benzene rings is 2. The molecule has 0 fully saturated rings.